The van der Waals surface area contributed by atoms with E-state index < -0.39 is 0 Å². The quantitative estimate of drug-likeness (QED) is 0.671. The van der Waals surface area contributed by atoms with Crippen molar-refractivity contribution in [3.05, 3.63) is 42.2 Å². The molecular formula is C11H10N2O. The molecule has 0 fully saturated rings. The van der Waals surface area contributed by atoms with Crippen LogP contribution >= 0.6 is 0 Å². The number of hydrogen-bond donors (Lipinski definition) is 0. The fraction of sp³-hybridized carbons (Fsp3) is 0.0909. The first kappa shape index (κ1) is 8.69. The van der Waals surface area contributed by atoms with Gasteiger partial charge in [-0.25, -0.2) is 0 Å². The van der Waals surface area contributed by atoms with Gasteiger partial charge in [-0.2, -0.15) is 5.10 Å². The van der Waals surface area contributed by atoms with Crippen LogP contribution in [0.4, 0.5) is 0 Å². The lowest BCUT2D eigenvalue weighted by atomic mass is 10.1. The number of carbonyl (C=O) groups excluding carboxylic acids is 1. The van der Waals surface area contributed by atoms with Gasteiger partial charge in [-0.15, -0.1) is 0 Å². The maximum atomic E-state index is 10.6. The van der Waals surface area contributed by atoms with Crippen LogP contribution in [0.15, 0.2) is 36.7 Å². The number of carbonyl (C=O) groups is 1. The predicted molar refractivity (Wildman–Crippen MR) is 54.0 cm³/mol. The maximum Gasteiger partial charge on any atom is 0.150 e. The molecule has 0 amide bonds. The first-order valence-electron chi connectivity index (χ1n) is 4.34. The fourth-order valence-corrected chi connectivity index (χ4v) is 1.36. The van der Waals surface area contributed by atoms with Crippen molar-refractivity contribution in [1.29, 1.82) is 0 Å². The summed E-state index contributed by atoms with van der Waals surface area (Å²) in [5.41, 5.74) is 2.73. The summed E-state index contributed by atoms with van der Waals surface area (Å²) in [6, 6.07) is 7.47. The second-order valence-electron chi connectivity index (χ2n) is 3.15. The zero-order valence-electron chi connectivity index (χ0n) is 7.84. The highest BCUT2D eigenvalue weighted by Crippen LogP contribution is 2.18. The van der Waals surface area contributed by atoms with Crippen LogP contribution in [0, 0.1) is 0 Å². The van der Waals surface area contributed by atoms with Crippen LogP contribution in [0.5, 0.6) is 0 Å². The maximum absolute atomic E-state index is 10.6. The lowest BCUT2D eigenvalue weighted by Crippen LogP contribution is -1.84. The van der Waals surface area contributed by atoms with Gasteiger partial charge in [0.2, 0.25) is 0 Å². The first-order chi connectivity index (χ1) is 6.79. The monoisotopic (exact) mass is 186 g/mol. The SMILES string of the molecule is Cn1cc(-c2cccc(C=O)c2)cn1. The van der Waals surface area contributed by atoms with Crippen molar-refractivity contribution in [3.8, 4) is 11.1 Å². The van der Waals surface area contributed by atoms with Crippen molar-refractivity contribution < 1.29 is 4.79 Å². The Bertz CT molecular complexity index is 460. The molecule has 1 aromatic heterocycles. The lowest BCUT2D eigenvalue weighted by Gasteiger charge is -1.96. The summed E-state index contributed by atoms with van der Waals surface area (Å²) in [7, 11) is 1.87. The van der Waals surface area contributed by atoms with E-state index in [-0.39, 0.29) is 0 Å². The number of aromatic nitrogens is 2. The molecule has 14 heavy (non-hydrogen) atoms. The third-order valence-corrected chi connectivity index (χ3v) is 2.06. The molecule has 0 atom stereocenters. The van der Waals surface area contributed by atoms with Gasteiger partial charge in [0.1, 0.15) is 6.29 Å². The second-order valence-corrected chi connectivity index (χ2v) is 3.15. The molecule has 0 radical (unpaired) electrons. The fourth-order valence-electron chi connectivity index (χ4n) is 1.36. The molecule has 0 aliphatic rings. The Balaban J connectivity index is 2.46. The van der Waals surface area contributed by atoms with Crippen LogP contribution in [-0.2, 0) is 7.05 Å². The van der Waals surface area contributed by atoms with Gasteiger partial charge in [0.25, 0.3) is 0 Å². The summed E-state index contributed by atoms with van der Waals surface area (Å²) in [4.78, 5) is 10.6. The topological polar surface area (TPSA) is 34.9 Å². The zero-order chi connectivity index (χ0) is 9.97. The van der Waals surface area contributed by atoms with Crippen molar-refractivity contribution in [1.82, 2.24) is 9.78 Å². The summed E-state index contributed by atoms with van der Waals surface area (Å²) in [5.74, 6) is 0. The molecule has 3 heteroatoms. The van der Waals surface area contributed by atoms with Gasteiger partial charge in [-0.3, -0.25) is 9.48 Å². The number of aldehydes is 1. The Morgan fingerprint density at radius 2 is 2.21 bits per heavy atom. The van der Waals surface area contributed by atoms with E-state index in [0.29, 0.717) is 5.56 Å². The van der Waals surface area contributed by atoms with Crippen molar-refractivity contribution >= 4 is 6.29 Å². The molecule has 0 unspecified atom stereocenters. The number of aryl methyl sites for hydroxylation is 1. The molecule has 1 heterocycles. The Labute approximate surface area is 82.0 Å². The van der Waals surface area contributed by atoms with Crippen LogP contribution in [0.2, 0.25) is 0 Å². The molecule has 3 nitrogen and oxygen atoms in total. The summed E-state index contributed by atoms with van der Waals surface area (Å²) in [6.07, 6.45) is 4.55. The van der Waals surface area contributed by atoms with Crippen molar-refractivity contribution in [2.45, 2.75) is 0 Å². The largest absolute Gasteiger partial charge is 0.298 e. The van der Waals surface area contributed by atoms with E-state index >= 15 is 0 Å². The number of rotatable bonds is 2. The summed E-state index contributed by atoms with van der Waals surface area (Å²) >= 11 is 0. The molecule has 0 spiro atoms. The summed E-state index contributed by atoms with van der Waals surface area (Å²) < 4.78 is 1.74. The molecule has 0 aliphatic carbocycles. The Morgan fingerprint density at radius 1 is 1.36 bits per heavy atom. The minimum Gasteiger partial charge on any atom is -0.298 e. The molecule has 0 bridgehead atoms. The van der Waals surface area contributed by atoms with Gasteiger partial charge in [-0.05, 0) is 11.6 Å². The standard InChI is InChI=1S/C11H10N2O/c1-13-7-11(6-12-13)10-4-2-3-9(5-10)8-14/h2-8H,1H3. The molecule has 70 valence electrons. The average molecular weight is 186 g/mol. The molecule has 2 rings (SSSR count). The number of benzene rings is 1. The van der Waals surface area contributed by atoms with Crippen molar-refractivity contribution in [3.63, 3.8) is 0 Å². The summed E-state index contributed by atoms with van der Waals surface area (Å²) in [5, 5.41) is 4.08. The molecule has 0 saturated carbocycles. The highest BCUT2D eigenvalue weighted by Gasteiger charge is 2.00. The molecule has 0 saturated heterocycles. The third-order valence-electron chi connectivity index (χ3n) is 2.06. The highest BCUT2D eigenvalue weighted by atomic mass is 16.1. The average Bonchev–Trinajstić information content (AvgIpc) is 2.65. The van der Waals surface area contributed by atoms with Crippen LogP contribution in [0.3, 0.4) is 0 Å². The Kier molecular flexibility index (Phi) is 2.14. The van der Waals surface area contributed by atoms with Gasteiger partial charge in [0, 0.05) is 24.4 Å². The van der Waals surface area contributed by atoms with Gasteiger partial charge in [-0.1, -0.05) is 18.2 Å². The van der Waals surface area contributed by atoms with E-state index in [4.69, 9.17) is 0 Å². The highest BCUT2D eigenvalue weighted by molar-refractivity contribution is 5.78. The van der Waals surface area contributed by atoms with E-state index in [9.17, 15) is 4.79 Å². The van der Waals surface area contributed by atoms with Crippen LogP contribution in [-0.4, -0.2) is 16.1 Å². The van der Waals surface area contributed by atoms with E-state index in [1.54, 1.807) is 16.9 Å². The minimum absolute atomic E-state index is 0.686. The molecule has 1 aromatic carbocycles. The van der Waals surface area contributed by atoms with Gasteiger partial charge in [0.05, 0.1) is 6.20 Å². The summed E-state index contributed by atoms with van der Waals surface area (Å²) in [6.45, 7) is 0. The molecular weight excluding hydrogens is 176 g/mol. The first-order valence-corrected chi connectivity index (χ1v) is 4.34. The number of hydrogen-bond acceptors (Lipinski definition) is 2. The van der Waals surface area contributed by atoms with E-state index in [2.05, 4.69) is 5.10 Å². The van der Waals surface area contributed by atoms with Gasteiger partial charge < -0.3 is 0 Å². The lowest BCUT2D eigenvalue weighted by molar-refractivity contribution is 0.112. The molecule has 0 N–H and O–H groups in total. The van der Waals surface area contributed by atoms with E-state index in [1.165, 1.54) is 0 Å². The van der Waals surface area contributed by atoms with Gasteiger partial charge >= 0.3 is 0 Å². The second kappa shape index (κ2) is 3.46. The predicted octanol–water partition coefficient (Wildman–Crippen LogP) is 1.90. The third kappa shape index (κ3) is 1.57. The molecule has 0 aliphatic heterocycles. The van der Waals surface area contributed by atoms with E-state index in [1.807, 2.05) is 31.4 Å². The minimum atomic E-state index is 0.686. The Hall–Kier alpha value is -1.90. The Morgan fingerprint density at radius 3 is 2.86 bits per heavy atom. The number of nitrogens with zero attached hydrogens (tertiary/aromatic N) is 2. The smallest absolute Gasteiger partial charge is 0.150 e. The van der Waals surface area contributed by atoms with Crippen LogP contribution in [0.1, 0.15) is 10.4 Å². The molecule has 2 aromatic rings. The van der Waals surface area contributed by atoms with Crippen molar-refractivity contribution in [2.75, 3.05) is 0 Å². The van der Waals surface area contributed by atoms with E-state index in [0.717, 1.165) is 17.4 Å². The van der Waals surface area contributed by atoms with Crippen molar-refractivity contribution in [2.24, 2.45) is 7.05 Å². The van der Waals surface area contributed by atoms with Crippen LogP contribution in [0.25, 0.3) is 11.1 Å². The normalized spacial score (nSPS) is 10.1. The van der Waals surface area contributed by atoms with Crippen LogP contribution < -0.4 is 0 Å². The van der Waals surface area contributed by atoms with Gasteiger partial charge in [0.15, 0.2) is 0 Å². The zero-order valence-corrected chi connectivity index (χ0v) is 7.84.